The highest BCUT2D eigenvalue weighted by Gasteiger charge is 2.32. The number of fused-ring (bicyclic) bond motifs is 1. The van der Waals surface area contributed by atoms with E-state index in [0.717, 1.165) is 12.8 Å². The number of esters is 1. The Morgan fingerprint density at radius 3 is 2.53 bits per heavy atom. The molecule has 8 heteroatoms. The highest BCUT2D eigenvalue weighted by atomic mass is 16.5. The summed E-state index contributed by atoms with van der Waals surface area (Å²) in [6.07, 6.45) is 3.05. The average molecular weight is 409 g/mol. The van der Waals surface area contributed by atoms with Crippen molar-refractivity contribution in [3.63, 3.8) is 0 Å². The number of nitrogens with zero attached hydrogens (tertiary/aromatic N) is 4. The minimum atomic E-state index is -1.05. The van der Waals surface area contributed by atoms with Gasteiger partial charge in [0.1, 0.15) is 5.69 Å². The second-order valence-corrected chi connectivity index (χ2v) is 7.41. The van der Waals surface area contributed by atoms with Gasteiger partial charge >= 0.3 is 5.97 Å². The van der Waals surface area contributed by atoms with Crippen molar-refractivity contribution in [1.82, 2.24) is 15.3 Å². The predicted octanol–water partition coefficient (Wildman–Crippen LogP) is 2.54. The molecular weight excluding hydrogens is 382 g/mol. The number of carbonyl (C=O) groups is 2. The molecule has 30 heavy (non-hydrogen) atoms. The predicted molar refractivity (Wildman–Crippen MR) is 113 cm³/mol. The van der Waals surface area contributed by atoms with Crippen LogP contribution in [-0.2, 0) is 14.3 Å². The molecule has 0 unspecified atom stereocenters. The third-order valence-electron chi connectivity index (χ3n) is 5.40. The second kappa shape index (κ2) is 10.0. The number of methoxy groups -OCH3 is 1. The minimum absolute atomic E-state index is 0.146. The van der Waals surface area contributed by atoms with Crippen LogP contribution in [0.25, 0.3) is 11.0 Å². The molecule has 0 saturated carbocycles. The lowest BCUT2D eigenvalue weighted by molar-refractivity contribution is -0.146. The molecule has 8 nitrogen and oxygen atoms in total. The number of anilines is 1. The summed E-state index contributed by atoms with van der Waals surface area (Å²) < 4.78 is 4.86. The van der Waals surface area contributed by atoms with E-state index in [0.29, 0.717) is 55.0 Å². The summed E-state index contributed by atoms with van der Waals surface area (Å²) in [4.78, 5) is 36.0. The zero-order valence-corrected chi connectivity index (χ0v) is 17.4. The molecule has 158 valence electrons. The lowest BCUT2D eigenvalue weighted by atomic mass is 9.96. The fourth-order valence-electron chi connectivity index (χ4n) is 3.66. The molecule has 2 heterocycles. The summed E-state index contributed by atoms with van der Waals surface area (Å²) in [5.41, 5.74) is 1.71. The Morgan fingerprint density at radius 1 is 1.27 bits per heavy atom. The van der Waals surface area contributed by atoms with Gasteiger partial charge in [-0.1, -0.05) is 25.5 Å². The van der Waals surface area contributed by atoms with E-state index in [1.54, 1.807) is 0 Å². The third-order valence-corrected chi connectivity index (χ3v) is 5.40. The van der Waals surface area contributed by atoms with Crippen molar-refractivity contribution in [2.24, 2.45) is 5.92 Å². The van der Waals surface area contributed by atoms with Gasteiger partial charge in [0.15, 0.2) is 11.7 Å². The van der Waals surface area contributed by atoms with Crippen molar-refractivity contribution in [2.45, 2.75) is 38.5 Å². The first-order valence-corrected chi connectivity index (χ1v) is 10.4. The Morgan fingerprint density at radius 2 is 1.93 bits per heavy atom. The van der Waals surface area contributed by atoms with Gasteiger partial charge in [-0.05, 0) is 31.4 Å². The van der Waals surface area contributed by atoms with Crippen LogP contribution in [0.4, 0.5) is 5.82 Å². The lowest BCUT2D eigenvalue weighted by Crippen LogP contribution is -2.39. The number of ether oxygens (including phenoxy) is 1. The van der Waals surface area contributed by atoms with Crippen LogP contribution in [0.15, 0.2) is 24.3 Å². The Hall–Kier alpha value is -3.21. The molecule has 1 aromatic heterocycles. The van der Waals surface area contributed by atoms with Gasteiger partial charge in [-0.15, -0.1) is 0 Å². The summed E-state index contributed by atoms with van der Waals surface area (Å²) in [5.74, 6) is -1.22. The third kappa shape index (κ3) is 4.67. The maximum absolute atomic E-state index is 12.7. The van der Waals surface area contributed by atoms with Crippen LogP contribution in [0.1, 0.15) is 44.2 Å². The molecule has 1 aliphatic heterocycles. The van der Waals surface area contributed by atoms with Crippen LogP contribution in [-0.4, -0.2) is 48.6 Å². The van der Waals surface area contributed by atoms with Crippen LogP contribution in [0.5, 0.6) is 0 Å². The van der Waals surface area contributed by atoms with Gasteiger partial charge in [-0.3, -0.25) is 9.59 Å². The van der Waals surface area contributed by atoms with E-state index < -0.39 is 5.92 Å². The Bertz CT molecular complexity index is 947. The molecule has 0 bridgehead atoms. The van der Waals surface area contributed by atoms with E-state index in [2.05, 4.69) is 16.4 Å². The summed E-state index contributed by atoms with van der Waals surface area (Å²) in [7, 11) is 1.40. The highest BCUT2D eigenvalue weighted by molar-refractivity contribution is 5.88. The van der Waals surface area contributed by atoms with Crippen molar-refractivity contribution < 1.29 is 14.3 Å². The van der Waals surface area contributed by atoms with Gasteiger partial charge in [0, 0.05) is 19.6 Å². The van der Waals surface area contributed by atoms with Crippen LogP contribution >= 0.6 is 0 Å². The molecular formula is C22H27N5O3. The summed E-state index contributed by atoms with van der Waals surface area (Å²) >= 11 is 0. The number of amides is 1. The van der Waals surface area contributed by atoms with Gasteiger partial charge in [0.25, 0.3) is 0 Å². The van der Waals surface area contributed by atoms with Crippen molar-refractivity contribution in [3.8, 4) is 6.07 Å². The van der Waals surface area contributed by atoms with Crippen molar-refractivity contribution in [1.29, 1.82) is 5.26 Å². The number of benzene rings is 1. The number of nitrogens with one attached hydrogen (secondary N) is 1. The molecule has 3 rings (SSSR count). The molecule has 1 N–H and O–H groups in total. The van der Waals surface area contributed by atoms with E-state index in [4.69, 9.17) is 9.72 Å². The van der Waals surface area contributed by atoms with Crippen LogP contribution in [0, 0.1) is 17.2 Å². The zero-order chi connectivity index (χ0) is 21.5. The van der Waals surface area contributed by atoms with Crippen molar-refractivity contribution in [2.75, 3.05) is 31.6 Å². The SMILES string of the molecule is CCCCNC(=O)[C@H](C#N)c1nc2ccccc2nc1N1CCC(C(=O)OC)CC1. The Labute approximate surface area is 176 Å². The fraction of sp³-hybridized carbons (Fsp3) is 0.500. The first-order chi connectivity index (χ1) is 14.6. The number of carbonyl (C=O) groups excluding carboxylic acids is 2. The number of nitriles is 1. The molecule has 1 atom stereocenters. The number of hydrogen-bond acceptors (Lipinski definition) is 7. The average Bonchev–Trinajstić information content (AvgIpc) is 2.79. The topological polar surface area (TPSA) is 108 Å². The van der Waals surface area contributed by atoms with E-state index in [-0.39, 0.29) is 17.8 Å². The molecule has 1 fully saturated rings. The number of hydrogen-bond donors (Lipinski definition) is 1. The molecule has 0 aliphatic carbocycles. The van der Waals surface area contributed by atoms with Crippen molar-refractivity contribution >= 4 is 28.7 Å². The Kier molecular flexibility index (Phi) is 7.17. The summed E-state index contributed by atoms with van der Waals surface area (Å²) in [6.45, 7) is 3.72. The fourth-order valence-corrected chi connectivity index (χ4v) is 3.66. The number of piperidine rings is 1. The first kappa shape index (κ1) is 21.5. The van der Waals surface area contributed by atoms with Gasteiger partial charge in [0.2, 0.25) is 5.91 Å². The largest absolute Gasteiger partial charge is 0.469 e. The first-order valence-electron chi connectivity index (χ1n) is 10.4. The summed E-state index contributed by atoms with van der Waals surface area (Å²) in [6, 6.07) is 9.52. The zero-order valence-electron chi connectivity index (χ0n) is 17.4. The van der Waals surface area contributed by atoms with Gasteiger partial charge < -0.3 is 15.0 Å². The smallest absolute Gasteiger partial charge is 0.308 e. The molecule has 0 spiro atoms. The molecule has 1 amide bonds. The number of rotatable bonds is 7. The highest BCUT2D eigenvalue weighted by Crippen LogP contribution is 2.30. The molecule has 1 saturated heterocycles. The van der Waals surface area contributed by atoms with Gasteiger partial charge in [0.05, 0.1) is 30.1 Å². The normalized spacial score (nSPS) is 15.4. The number of aromatic nitrogens is 2. The number of unbranched alkanes of at least 4 members (excludes halogenated alkanes) is 1. The van der Waals surface area contributed by atoms with Crippen LogP contribution in [0.2, 0.25) is 0 Å². The van der Waals surface area contributed by atoms with E-state index in [1.165, 1.54) is 7.11 Å². The van der Waals surface area contributed by atoms with E-state index >= 15 is 0 Å². The minimum Gasteiger partial charge on any atom is -0.469 e. The summed E-state index contributed by atoms with van der Waals surface area (Å²) in [5, 5.41) is 12.6. The maximum Gasteiger partial charge on any atom is 0.308 e. The standard InChI is InChI=1S/C22H27N5O3/c1-3-4-11-24-21(28)16(14-23)19-20(26-18-8-6-5-7-17(18)25-19)27-12-9-15(10-13-27)22(29)30-2/h5-8,15-16H,3-4,9-13H2,1-2H3,(H,24,28)/t16-/m1/s1. The van der Waals surface area contributed by atoms with E-state index in [9.17, 15) is 14.9 Å². The van der Waals surface area contributed by atoms with Crippen LogP contribution in [0.3, 0.4) is 0 Å². The maximum atomic E-state index is 12.7. The van der Waals surface area contributed by atoms with Gasteiger partial charge in [-0.2, -0.15) is 5.26 Å². The monoisotopic (exact) mass is 409 g/mol. The number of para-hydroxylation sites is 2. The van der Waals surface area contributed by atoms with Crippen LogP contribution < -0.4 is 10.2 Å². The van der Waals surface area contributed by atoms with Gasteiger partial charge in [-0.25, -0.2) is 9.97 Å². The quantitative estimate of drug-likeness (QED) is 0.553. The van der Waals surface area contributed by atoms with Crippen molar-refractivity contribution in [3.05, 3.63) is 30.0 Å². The molecule has 1 aliphatic rings. The lowest BCUT2D eigenvalue weighted by Gasteiger charge is -2.33. The molecule has 2 aromatic rings. The van der Waals surface area contributed by atoms with E-state index in [1.807, 2.05) is 36.1 Å². The second-order valence-electron chi connectivity index (χ2n) is 7.41. The molecule has 1 aromatic carbocycles. The Balaban J connectivity index is 1.93. The molecule has 0 radical (unpaired) electrons.